The number of nitrogens with two attached hydrogens (primary N) is 1. The van der Waals surface area contributed by atoms with E-state index in [1.165, 1.54) is 0 Å². The number of ether oxygens (including phenoxy) is 1. The van der Waals surface area contributed by atoms with Gasteiger partial charge in [-0.3, -0.25) is 4.98 Å². The Kier molecular flexibility index (Phi) is 4.55. The molecule has 0 radical (unpaired) electrons. The van der Waals surface area contributed by atoms with Crippen molar-refractivity contribution in [2.45, 2.75) is 45.3 Å². The lowest BCUT2D eigenvalue weighted by Crippen LogP contribution is -2.47. The minimum atomic E-state index is -0.465. The van der Waals surface area contributed by atoms with Crippen LogP contribution in [0.1, 0.15) is 33.6 Å². The van der Waals surface area contributed by atoms with E-state index in [1.54, 1.807) is 17.3 Å². The van der Waals surface area contributed by atoms with Crippen molar-refractivity contribution >= 4 is 17.5 Å². The van der Waals surface area contributed by atoms with E-state index in [1.807, 2.05) is 26.8 Å². The zero-order chi connectivity index (χ0) is 15.5. The van der Waals surface area contributed by atoms with Crippen molar-refractivity contribution in [1.82, 2.24) is 9.88 Å². The molecule has 0 aliphatic carbocycles. The molecule has 2 rings (SSSR count). The number of anilines is 2. The van der Waals surface area contributed by atoms with E-state index in [0.29, 0.717) is 12.2 Å². The van der Waals surface area contributed by atoms with Crippen LogP contribution in [-0.2, 0) is 4.74 Å². The molecule has 1 fully saturated rings. The van der Waals surface area contributed by atoms with E-state index in [-0.39, 0.29) is 12.1 Å². The number of nitrogens with one attached hydrogen (secondary N) is 1. The first kappa shape index (κ1) is 15.4. The average Bonchev–Trinajstić information content (AvgIpc) is 2.40. The number of nitrogen functional groups attached to an aromatic ring is 1. The average molecular weight is 292 g/mol. The summed E-state index contributed by atoms with van der Waals surface area (Å²) in [6.45, 7) is 6.99. The van der Waals surface area contributed by atoms with Crippen LogP contribution < -0.4 is 11.1 Å². The van der Waals surface area contributed by atoms with Gasteiger partial charge in [0.1, 0.15) is 5.60 Å². The number of piperidine rings is 1. The molecular formula is C15H24N4O2. The first-order valence-electron chi connectivity index (χ1n) is 7.29. The summed E-state index contributed by atoms with van der Waals surface area (Å²) in [4.78, 5) is 17.8. The van der Waals surface area contributed by atoms with E-state index >= 15 is 0 Å². The molecule has 0 spiro atoms. The topological polar surface area (TPSA) is 80.5 Å². The molecular weight excluding hydrogens is 268 g/mol. The standard InChI is InChI=1S/C15H24N4O2/c1-15(2,3)21-14(20)19-8-4-5-11(10-19)18-13-6-7-17-9-12(13)16/h6-7,9,11H,4-5,8,10,16H2,1-3H3,(H,17,18)/t11-/m1/s1. The number of aromatic nitrogens is 1. The smallest absolute Gasteiger partial charge is 0.410 e. The van der Waals surface area contributed by atoms with Gasteiger partial charge < -0.3 is 20.7 Å². The maximum Gasteiger partial charge on any atom is 0.410 e. The second-order valence-corrected chi connectivity index (χ2v) is 6.37. The van der Waals surface area contributed by atoms with Gasteiger partial charge in [-0.2, -0.15) is 0 Å². The van der Waals surface area contributed by atoms with Crippen LogP contribution >= 0.6 is 0 Å². The molecule has 116 valence electrons. The lowest BCUT2D eigenvalue weighted by atomic mass is 10.1. The van der Waals surface area contributed by atoms with Crippen molar-refractivity contribution in [3.63, 3.8) is 0 Å². The zero-order valence-corrected chi connectivity index (χ0v) is 12.9. The molecule has 6 nitrogen and oxygen atoms in total. The first-order chi connectivity index (χ1) is 9.85. The second-order valence-electron chi connectivity index (χ2n) is 6.37. The normalized spacial score (nSPS) is 19.2. The number of likely N-dealkylation sites (tertiary alicyclic amines) is 1. The third kappa shape index (κ3) is 4.51. The lowest BCUT2D eigenvalue weighted by molar-refractivity contribution is 0.0206. The Hall–Kier alpha value is -1.98. The second kappa shape index (κ2) is 6.20. The summed E-state index contributed by atoms with van der Waals surface area (Å²) in [6, 6.07) is 2.03. The molecule has 0 unspecified atom stereocenters. The number of hydrogen-bond donors (Lipinski definition) is 2. The number of pyridine rings is 1. The van der Waals surface area contributed by atoms with Gasteiger partial charge in [-0.1, -0.05) is 0 Å². The largest absolute Gasteiger partial charge is 0.444 e. The number of carbonyl (C=O) groups is 1. The van der Waals surface area contributed by atoms with Gasteiger partial charge in [-0.15, -0.1) is 0 Å². The first-order valence-corrected chi connectivity index (χ1v) is 7.29. The Bertz CT molecular complexity index is 499. The van der Waals surface area contributed by atoms with Crippen LogP contribution in [-0.4, -0.2) is 40.7 Å². The molecule has 3 N–H and O–H groups in total. The fourth-order valence-electron chi connectivity index (χ4n) is 2.35. The molecule has 1 amide bonds. The highest BCUT2D eigenvalue weighted by atomic mass is 16.6. The number of amides is 1. The van der Waals surface area contributed by atoms with Crippen LogP contribution in [0, 0.1) is 0 Å². The van der Waals surface area contributed by atoms with Gasteiger partial charge in [0.25, 0.3) is 0 Å². The van der Waals surface area contributed by atoms with Gasteiger partial charge in [-0.25, -0.2) is 4.79 Å². The highest BCUT2D eigenvalue weighted by Gasteiger charge is 2.27. The minimum Gasteiger partial charge on any atom is -0.444 e. The van der Waals surface area contributed by atoms with Gasteiger partial charge in [0, 0.05) is 25.3 Å². The molecule has 0 bridgehead atoms. The molecule has 1 aliphatic rings. The third-order valence-corrected chi connectivity index (χ3v) is 3.28. The number of nitrogens with zero attached hydrogens (tertiary/aromatic N) is 2. The molecule has 2 heterocycles. The van der Waals surface area contributed by atoms with E-state index in [9.17, 15) is 4.79 Å². The van der Waals surface area contributed by atoms with Gasteiger partial charge >= 0.3 is 6.09 Å². The summed E-state index contributed by atoms with van der Waals surface area (Å²) in [7, 11) is 0. The molecule has 6 heteroatoms. The monoisotopic (exact) mass is 292 g/mol. The fraction of sp³-hybridized carbons (Fsp3) is 0.600. The summed E-state index contributed by atoms with van der Waals surface area (Å²) in [5, 5.41) is 3.38. The van der Waals surface area contributed by atoms with Crippen LogP contribution in [0.25, 0.3) is 0 Å². The Morgan fingerprint density at radius 1 is 1.52 bits per heavy atom. The van der Waals surface area contributed by atoms with E-state index in [4.69, 9.17) is 10.5 Å². The lowest BCUT2D eigenvalue weighted by Gasteiger charge is -2.35. The van der Waals surface area contributed by atoms with E-state index in [0.717, 1.165) is 25.1 Å². The van der Waals surface area contributed by atoms with Crippen LogP contribution in [0.15, 0.2) is 18.5 Å². The third-order valence-electron chi connectivity index (χ3n) is 3.28. The van der Waals surface area contributed by atoms with E-state index in [2.05, 4.69) is 10.3 Å². The van der Waals surface area contributed by atoms with Crippen molar-refractivity contribution < 1.29 is 9.53 Å². The molecule has 1 aromatic rings. The van der Waals surface area contributed by atoms with Crippen LogP contribution in [0.4, 0.5) is 16.2 Å². The maximum atomic E-state index is 12.1. The summed E-state index contributed by atoms with van der Waals surface area (Å²) in [5.41, 5.74) is 6.90. The summed E-state index contributed by atoms with van der Waals surface area (Å²) < 4.78 is 5.42. The molecule has 1 atom stereocenters. The number of carbonyl (C=O) groups excluding carboxylic acids is 1. The number of hydrogen-bond acceptors (Lipinski definition) is 5. The number of rotatable bonds is 2. The molecule has 1 aromatic heterocycles. The van der Waals surface area contributed by atoms with Gasteiger partial charge in [0.15, 0.2) is 0 Å². The Balaban J connectivity index is 1.95. The summed E-state index contributed by atoms with van der Waals surface area (Å²) in [5.74, 6) is 0. The van der Waals surface area contributed by atoms with Crippen molar-refractivity contribution in [1.29, 1.82) is 0 Å². The Morgan fingerprint density at radius 2 is 2.29 bits per heavy atom. The Labute approximate surface area is 125 Å². The van der Waals surface area contributed by atoms with Gasteiger partial charge in [0.2, 0.25) is 0 Å². The Morgan fingerprint density at radius 3 is 2.95 bits per heavy atom. The molecule has 1 aliphatic heterocycles. The molecule has 21 heavy (non-hydrogen) atoms. The van der Waals surface area contributed by atoms with E-state index < -0.39 is 5.60 Å². The van der Waals surface area contributed by atoms with Crippen molar-refractivity contribution in [2.75, 3.05) is 24.1 Å². The zero-order valence-electron chi connectivity index (χ0n) is 12.9. The highest BCUT2D eigenvalue weighted by molar-refractivity contribution is 5.69. The maximum absolute atomic E-state index is 12.1. The van der Waals surface area contributed by atoms with Crippen LogP contribution in [0.3, 0.4) is 0 Å². The fourth-order valence-corrected chi connectivity index (χ4v) is 2.35. The summed E-state index contributed by atoms with van der Waals surface area (Å²) in [6.07, 6.45) is 5.02. The van der Waals surface area contributed by atoms with Crippen molar-refractivity contribution in [3.05, 3.63) is 18.5 Å². The van der Waals surface area contributed by atoms with Crippen molar-refractivity contribution in [2.24, 2.45) is 0 Å². The highest BCUT2D eigenvalue weighted by Crippen LogP contribution is 2.21. The molecule has 0 aromatic carbocycles. The predicted octanol–water partition coefficient (Wildman–Crippen LogP) is 2.48. The van der Waals surface area contributed by atoms with Crippen molar-refractivity contribution in [3.8, 4) is 0 Å². The molecule has 1 saturated heterocycles. The van der Waals surface area contributed by atoms with Gasteiger partial charge in [0.05, 0.1) is 17.6 Å². The SMILES string of the molecule is CC(C)(C)OC(=O)N1CCC[C@@H](Nc2ccncc2N)C1. The minimum absolute atomic E-state index is 0.177. The quantitative estimate of drug-likeness (QED) is 0.875. The summed E-state index contributed by atoms with van der Waals surface area (Å²) >= 11 is 0. The van der Waals surface area contributed by atoms with Crippen LogP contribution in [0.5, 0.6) is 0 Å². The van der Waals surface area contributed by atoms with Crippen LogP contribution in [0.2, 0.25) is 0 Å². The predicted molar refractivity (Wildman–Crippen MR) is 83.1 cm³/mol. The van der Waals surface area contributed by atoms with Gasteiger partial charge in [-0.05, 0) is 39.7 Å². The molecule has 0 saturated carbocycles.